The van der Waals surface area contributed by atoms with Crippen molar-refractivity contribution in [3.63, 3.8) is 0 Å². The van der Waals surface area contributed by atoms with Crippen LogP contribution in [0.15, 0.2) is 12.1 Å². The average Bonchev–Trinajstić information content (AvgIpc) is 3.04. The molecule has 9 heteroatoms. The summed E-state index contributed by atoms with van der Waals surface area (Å²) in [5.41, 5.74) is 2.55. The normalized spacial score (nSPS) is 18.5. The van der Waals surface area contributed by atoms with Crippen molar-refractivity contribution >= 4 is 23.5 Å². The molecule has 1 spiro atoms. The Morgan fingerprint density at radius 3 is 2.79 bits per heavy atom. The summed E-state index contributed by atoms with van der Waals surface area (Å²) in [6.45, 7) is 6.47. The first kappa shape index (κ1) is 23.7. The molecule has 1 fully saturated rings. The molecule has 0 radical (unpaired) electrons. The van der Waals surface area contributed by atoms with E-state index in [0.717, 1.165) is 36.7 Å². The molecule has 3 heterocycles. The van der Waals surface area contributed by atoms with Gasteiger partial charge in [-0.1, -0.05) is 25.4 Å². The second-order valence-corrected chi connectivity index (χ2v) is 9.69. The second-order valence-electron chi connectivity index (χ2n) is 9.32. The molecule has 2 N–H and O–H groups in total. The Morgan fingerprint density at radius 2 is 2.12 bits per heavy atom. The lowest BCUT2D eigenvalue weighted by Gasteiger charge is -2.36. The largest absolute Gasteiger partial charge is 0.478 e. The third-order valence-electron chi connectivity index (χ3n) is 6.81. The van der Waals surface area contributed by atoms with Crippen molar-refractivity contribution < 1.29 is 23.8 Å². The molecule has 0 unspecified atom stereocenters. The van der Waals surface area contributed by atoms with E-state index in [1.807, 2.05) is 18.5 Å². The zero-order valence-electron chi connectivity index (χ0n) is 18.9. The number of hydrogen-bond donors (Lipinski definition) is 2. The zero-order chi connectivity index (χ0) is 23.8. The first-order chi connectivity index (χ1) is 15.7. The van der Waals surface area contributed by atoms with Crippen LogP contribution in [0.1, 0.15) is 64.4 Å². The van der Waals surface area contributed by atoms with Gasteiger partial charge in [-0.05, 0) is 61.1 Å². The average molecular weight is 478 g/mol. The summed E-state index contributed by atoms with van der Waals surface area (Å²) in [5.74, 6) is -1.98. The van der Waals surface area contributed by atoms with E-state index in [4.69, 9.17) is 21.4 Å². The first-order valence-electron chi connectivity index (χ1n) is 11.4. The van der Waals surface area contributed by atoms with E-state index in [9.17, 15) is 19.1 Å². The van der Waals surface area contributed by atoms with E-state index >= 15 is 0 Å². The third-order valence-corrected chi connectivity index (χ3v) is 7.25. The van der Waals surface area contributed by atoms with Crippen LogP contribution < -0.4 is 5.32 Å². The minimum atomic E-state index is -1.26. The molecule has 0 saturated carbocycles. The molecule has 2 aliphatic heterocycles. The maximum absolute atomic E-state index is 14.0. The van der Waals surface area contributed by atoms with Crippen molar-refractivity contribution in [3.05, 3.63) is 51.1 Å². The van der Waals surface area contributed by atoms with E-state index in [-0.39, 0.29) is 27.8 Å². The Balaban J connectivity index is 1.63. The lowest BCUT2D eigenvalue weighted by Crippen LogP contribution is -2.40. The number of aromatic carboxylic acids is 1. The molecule has 1 atom stereocenters. The molecule has 178 valence electrons. The topological polar surface area (TPSA) is 93.5 Å². The Kier molecular flexibility index (Phi) is 6.77. The van der Waals surface area contributed by atoms with Crippen LogP contribution in [0.4, 0.5) is 4.39 Å². The van der Waals surface area contributed by atoms with Crippen molar-refractivity contribution in [2.45, 2.75) is 52.5 Å². The van der Waals surface area contributed by atoms with Crippen molar-refractivity contribution in [1.29, 1.82) is 0 Å². The van der Waals surface area contributed by atoms with E-state index in [1.54, 1.807) is 0 Å². The smallest absolute Gasteiger partial charge is 0.337 e. The van der Waals surface area contributed by atoms with E-state index in [0.29, 0.717) is 50.3 Å². The van der Waals surface area contributed by atoms with Gasteiger partial charge in [0.15, 0.2) is 0 Å². The standard InChI is InChI=1S/C24H29ClFN3O4/c1-3-18-20-19(11-24(13-27-22(20)30)4-6-33-7-5-24)29(28-18)12-14(2)8-15-9-16(26)10-17(21(15)25)23(31)32/h9-10,14H,3-8,11-13H2,1-2H3,(H,27,30)(H,31,32)/t14-/m1/s1. The number of amides is 1. The van der Waals surface area contributed by atoms with Gasteiger partial charge in [-0.2, -0.15) is 5.10 Å². The minimum absolute atomic E-state index is 0.0170. The number of carbonyl (C=O) groups is 2. The highest BCUT2D eigenvalue weighted by atomic mass is 35.5. The lowest BCUT2D eigenvalue weighted by molar-refractivity contribution is 0.0152. The van der Waals surface area contributed by atoms with Crippen molar-refractivity contribution in [2.75, 3.05) is 19.8 Å². The minimum Gasteiger partial charge on any atom is -0.478 e. The molecule has 2 aromatic rings. The second kappa shape index (κ2) is 9.43. The Morgan fingerprint density at radius 1 is 1.39 bits per heavy atom. The fourth-order valence-electron chi connectivity index (χ4n) is 5.01. The number of hydrogen-bond acceptors (Lipinski definition) is 4. The monoisotopic (exact) mass is 477 g/mol. The van der Waals surface area contributed by atoms with Gasteiger partial charge in [0.2, 0.25) is 0 Å². The van der Waals surface area contributed by atoms with Crippen molar-refractivity contribution in [1.82, 2.24) is 15.1 Å². The molecule has 0 bridgehead atoms. The van der Waals surface area contributed by atoms with Gasteiger partial charge in [0.25, 0.3) is 5.91 Å². The van der Waals surface area contributed by atoms with Crippen LogP contribution in [0.5, 0.6) is 0 Å². The summed E-state index contributed by atoms with van der Waals surface area (Å²) < 4.78 is 21.5. The third kappa shape index (κ3) is 4.77. The van der Waals surface area contributed by atoms with Gasteiger partial charge in [-0.15, -0.1) is 0 Å². The SMILES string of the molecule is CCc1nn(C[C@H](C)Cc2cc(F)cc(C(=O)O)c2Cl)c2c1C(=O)NCC1(CCOCC1)C2. The summed E-state index contributed by atoms with van der Waals surface area (Å²) >= 11 is 6.27. The highest BCUT2D eigenvalue weighted by Gasteiger charge is 2.39. The highest BCUT2D eigenvalue weighted by Crippen LogP contribution is 2.37. The van der Waals surface area contributed by atoms with Crippen LogP contribution in [0, 0.1) is 17.2 Å². The number of nitrogens with one attached hydrogen (secondary N) is 1. The van der Waals surface area contributed by atoms with Gasteiger partial charge in [-0.25, -0.2) is 9.18 Å². The maximum atomic E-state index is 14.0. The molecular weight excluding hydrogens is 449 g/mol. The predicted molar refractivity (Wildman–Crippen MR) is 121 cm³/mol. The quantitative estimate of drug-likeness (QED) is 0.658. The van der Waals surface area contributed by atoms with Crippen LogP contribution in [0.2, 0.25) is 5.02 Å². The number of nitrogens with zero attached hydrogens (tertiary/aromatic N) is 2. The van der Waals surface area contributed by atoms with E-state index in [1.165, 1.54) is 6.07 Å². The Labute approximate surface area is 197 Å². The van der Waals surface area contributed by atoms with Gasteiger partial charge in [0.1, 0.15) is 5.82 Å². The van der Waals surface area contributed by atoms with Crippen molar-refractivity contribution in [3.8, 4) is 0 Å². The molecular formula is C24H29ClFN3O4. The number of carboxylic acid groups (broad SMARTS) is 1. The fourth-order valence-corrected chi connectivity index (χ4v) is 5.28. The lowest BCUT2D eigenvalue weighted by atomic mass is 9.76. The van der Waals surface area contributed by atoms with Gasteiger partial charge >= 0.3 is 5.97 Å². The van der Waals surface area contributed by atoms with Crippen LogP contribution in [-0.2, 0) is 30.5 Å². The van der Waals surface area contributed by atoms with Crippen LogP contribution >= 0.6 is 11.6 Å². The Hall–Kier alpha value is -2.45. The number of ether oxygens (including phenoxy) is 1. The summed E-state index contributed by atoms with van der Waals surface area (Å²) in [6.07, 6.45) is 3.54. The molecule has 1 aromatic heterocycles. The van der Waals surface area contributed by atoms with Crippen LogP contribution in [0.25, 0.3) is 0 Å². The zero-order valence-corrected chi connectivity index (χ0v) is 19.7. The van der Waals surface area contributed by atoms with Gasteiger partial charge in [0.05, 0.1) is 27.5 Å². The van der Waals surface area contributed by atoms with Crippen LogP contribution in [0.3, 0.4) is 0 Å². The van der Waals surface area contributed by atoms with Gasteiger partial charge < -0.3 is 15.2 Å². The summed E-state index contributed by atoms with van der Waals surface area (Å²) in [5, 5.41) is 17.2. The number of aryl methyl sites for hydroxylation is 1. The summed E-state index contributed by atoms with van der Waals surface area (Å²) in [6, 6.07) is 2.22. The molecule has 2 aliphatic rings. The van der Waals surface area contributed by atoms with Gasteiger partial charge in [0, 0.05) is 26.3 Å². The number of halogens is 2. The summed E-state index contributed by atoms with van der Waals surface area (Å²) in [4.78, 5) is 24.4. The number of fused-ring (bicyclic) bond motifs is 1. The van der Waals surface area contributed by atoms with Crippen molar-refractivity contribution in [2.24, 2.45) is 11.3 Å². The molecule has 0 aliphatic carbocycles. The molecule has 1 saturated heterocycles. The number of carbonyl (C=O) groups excluding carboxylic acids is 1. The first-order valence-corrected chi connectivity index (χ1v) is 11.8. The molecule has 1 aromatic carbocycles. The van der Waals surface area contributed by atoms with E-state index in [2.05, 4.69) is 5.32 Å². The van der Waals surface area contributed by atoms with Crippen LogP contribution in [-0.4, -0.2) is 46.5 Å². The van der Waals surface area contributed by atoms with Gasteiger partial charge in [-0.3, -0.25) is 9.48 Å². The maximum Gasteiger partial charge on any atom is 0.337 e. The number of aromatic nitrogens is 2. The van der Waals surface area contributed by atoms with E-state index < -0.39 is 11.8 Å². The number of rotatable bonds is 6. The highest BCUT2D eigenvalue weighted by molar-refractivity contribution is 6.34. The number of carboxylic acids is 1. The molecule has 33 heavy (non-hydrogen) atoms. The Bertz CT molecular complexity index is 1080. The molecule has 7 nitrogen and oxygen atoms in total. The summed E-state index contributed by atoms with van der Waals surface area (Å²) in [7, 11) is 0. The predicted octanol–water partition coefficient (Wildman–Crippen LogP) is 3.90. The number of benzene rings is 1. The fraction of sp³-hybridized carbons (Fsp3) is 0.542. The molecule has 4 rings (SSSR count). The molecule has 1 amide bonds.